The Balaban J connectivity index is 1.96. The topological polar surface area (TPSA) is 75.7 Å². The lowest BCUT2D eigenvalue weighted by atomic mass is 9.96. The number of hydrogen-bond acceptors (Lipinski definition) is 5. The van der Waals surface area contributed by atoms with Crippen LogP contribution in [0.1, 0.15) is 39.0 Å². The van der Waals surface area contributed by atoms with Gasteiger partial charge in [-0.1, -0.05) is 23.8 Å². The van der Waals surface area contributed by atoms with E-state index in [0.717, 1.165) is 5.56 Å². The van der Waals surface area contributed by atoms with E-state index in [9.17, 15) is 26.4 Å². The Bertz CT molecular complexity index is 1140. The van der Waals surface area contributed by atoms with Crippen LogP contribution in [0.4, 0.5) is 18.9 Å². The minimum atomic E-state index is -4.82. The molecule has 33 heavy (non-hydrogen) atoms. The Morgan fingerprint density at radius 2 is 1.82 bits per heavy atom. The number of aryl methyl sites for hydroxylation is 3. The molecule has 0 bridgehead atoms. The lowest BCUT2D eigenvalue weighted by Gasteiger charge is -2.35. The average Bonchev–Trinajstić information content (AvgIpc) is 2.70. The molecule has 1 unspecified atom stereocenters. The molecule has 1 heterocycles. The van der Waals surface area contributed by atoms with Gasteiger partial charge in [-0.05, 0) is 62.4 Å². The number of rotatable bonds is 6. The molecular formula is C23H27F3N2O4S. The molecule has 0 saturated heterocycles. The Kier molecular flexibility index (Phi) is 7.09. The van der Waals surface area contributed by atoms with Gasteiger partial charge >= 0.3 is 12.1 Å². The van der Waals surface area contributed by atoms with Gasteiger partial charge in [0.25, 0.3) is 0 Å². The van der Waals surface area contributed by atoms with Crippen molar-refractivity contribution in [3.63, 3.8) is 0 Å². The number of carbonyl (C=O) groups is 1. The second kappa shape index (κ2) is 9.34. The summed E-state index contributed by atoms with van der Waals surface area (Å²) in [5, 5.41) is 0. The predicted molar refractivity (Wildman–Crippen MR) is 119 cm³/mol. The van der Waals surface area contributed by atoms with Crippen LogP contribution in [0.3, 0.4) is 0 Å². The molecule has 1 aliphatic rings. The van der Waals surface area contributed by atoms with Crippen LogP contribution in [0.2, 0.25) is 0 Å². The van der Waals surface area contributed by atoms with E-state index in [2.05, 4.69) is 0 Å². The third-order valence-electron chi connectivity index (χ3n) is 5.72. The molecule has 3 rings (SSSR count). The van der Waals surface area contributed by atoms with Crippen molar-refractivity contribution in [2.45, 2.75) is 50.7 Å². The van der Waals surface area contributed by atoms with Gasteiger partial charge in [-0.25, -0.2) is 13.2 Å². The first kappa shape index (κ1) is 25.0. The number of nitrogens with zero attached hydrogens (tertiary/aromatic N) is 1. The highest BCUT2D eigenvalue weighted by molar-refractivity contribution is 7.89. The zero-order valence-corrected chi connectivity index (χ0v) is 19.7. The van der Waals surface area contributed by atoms with Crippen LogP contribution < -0.4 is 9.62 Å². The third-order valence-corrected chi connectivity index (χ3v) is 7.50. The largest absolute Gasteiger partial charge is 0.465 e. The third kappa shape index (κ3) is 5.33. The zero-order chi connectivity index (χ0) is 24.6. The highest BCUT2D eigenvalue weighted by Crippen LogP contribution is 2.33. The van der Waals surface area contributed by atoms with E-state index in [0.29, 0.717) is 47.3 Å². The fourth-order valence-electron chi connectivity index (χ4n) is 4.46. The van der Waals surface area contributed by atoms with E-state index < -0.39 is 34.8 Å². The van der Waals surface area contributed by atoms with Crippen LogP contribution in [0, 0.1) is 20.8 Å². The molecule has 180 valence electrons. The molecule has 0 spiro atoms. The highest BCUT2D eigenvalue weighted by atomic mass is 32.2. The smallest absolute Gasteiger partial charge is 0.406 e. The van der Waals surface area contributed by atoms with E-state index in [1.807, 2.05) is 4.72 Å². The number of benzene rings is 2. The Morgan fingerprint density at radius 3 is 2.39 bits per heavy atom. The minimum absolute atomic E-state index is 0.144. The van der Waals surface area contributed by atoms with Crippen molar-refractivity contribution >= 4 is 21.7 Å². The summed E-state index contributed by atoms with van der Waals surface area (Å²) in [6.07, 6.45) is -3.78. The molecule has 2 aromatic carbocycles. The van der Waals surface area contributed by atoms with Gasteiger partial charge < -0.3 is 9.64 Å². The highest BCUT2D eigenvalue weighted by Gasteiger charge is 2.44. The molecule has 6 nitrogen and oxygen atoms in total. The average molecular weight is 485 g/mol. The second-order valence-electron chi connectivity index (χ2n) is 8.29. The van der Waals surface area contributed by atoms with Crippen molar-refractivity contribution < 1.29 is 31.1 Å². The summed E-state index contributed by atoms with van der Waals surface area (Å²) >= 11 is 0. The number of ether oxygens (including phenoxy) is 1. The van der Waals surface area contributed by atoms with Crippen molar-refractivity contribution in [3.8, 4) is 0 Å². The van der Waals surface area contributed by atoms with Crippen molar-refractivity contribution in [2.24, 2.45) is 0 Å². The molecule has 0 radical (unpaired) electrons. The Labute approximate surface area is 191 Å². The van der Waals surface area contributed by atoms with E-state index in [1.165, 1.54) is 12.0 Å². The number of nitrogens with one attached hydrogen (secondary N) is 1. The van der Waals surface area contributed by atoms with Gasteiger partial charge in [-0.15, -0.1) is 0 Å². The normalized spacial score (nSPS) is 15.2. The first-order valence-electron chi connectivity index (χ1n) is 10.5. The second-order valence-corrected chi connectivity index (χ2v) is 9.94. The lowest BCUT2D eigenvalue weighted by molar-refractivity contribution is -0.149. The Hall–Kier alpha value is -2.59. The fraction of sp³-hybridized carbons (Fsp3) is 0.435. The summed E-state index contributed by atoms with van der Waals surface area (Å²) in [5.41, 5.74) is 2.96. The molecule has 0 amide bonds. The maximum atomic E-state index is 14.0. The maximum absolute atomic E-state index is 14.0. The van der Waals surface area contributed by atoms with Gasteiger partial charge in [-0.2, -0.15) is 17.9 Å². The number of carbonyl (C=O) groups excluding carboxylic acids is 1. The summed E-state index contributed by atoms with van der Waals surface area (Å²) in [6.45, 7) is 4.59. The van der Waals surface area contributed by atoms with E-state index in [4.69, 9.17) is 4.74 Å². The predicted octanol–water partition coefficient (Wildman–Crippen LogP) is 4.06. The first-order chi connectivity index (χ1) is 15.3. The molecule has 0 saturated carbocycles. The van der Waals surface area contributed by atoms with Gasteiger partial charge in [-0.3, -0.25) is 0 Å². The first-order valence-corrected chi connectivity index (χ1v) is 12.0. The molecule has 1 N–H and O–H groups in total. The molecule has 1 aliphatic heterocycles. The standard InChI is InChI=1S/C23H27F3N2O4S/c1-14-11-15(2)21(16(3)12-14)33(30,31)27-20(23(24,25)26)13-28-10-6-8-17-18(22(29)32-4)7-5-9-19(17)28/h5,7,9,11-12,20,27H,6,8,10,13H2,1-4H3. The zero-order valence-electron chi connectivity index (χ0n) is 18.9. The molecular weight excluding hydrogens is 457 g/mol. The number of halogens is 3. The molecule has 0 fully saturated rings. The molecule has 2 aromatic rings. The van der Waals surface area contributed by atoms with E-state index >= 15 is 0 Å². The summed E-state index contributed by atoms with van der Waals surface area (Å²) < 4.78 is 74.7. The molecule has 1 atom stereocenters. The van der Waals surface area contributed by atoms with E-state index in [-0.39, 0.29) is 4.90 Å². The summed E-state index contributed by atoms with van der Waals surface area (Å²) in [7, 11) is -3.20. The number of methoxy groups -OCH3 is 1. The number of fused-ring (bicyclic) bond motifs is 1. The van der Waals surface area contributed by atoms with Gasteiger partial charge in [0, 0.05) is 18.8 Å². The molecule has 0 aliphatic carbocycles. The van der Waals surface area contributed by atoms with Crippen molar-refractivity contribution in [1.29, 1.82) is 0 Å². The van der Waals surface area contributed by atoms with Gasteiger partial charge in [0.1, 0.15) is 6.04 Å². The van der Waals surface area contributed by atoms with Crippen LogP contribution in [0.25, 0.3) is 0 Å². The minimum Gasteiger partial charge on any atom is -0.465 e. The van der Waals surface area contributed by atoms with Crippen LogP contribution in [0.5, 0.6) is 0 Å². The quantitative estimate of drug-likeness (QED) is 0.626. The summed E-state index contributed by atoms with van der Waals surface area (Å²) in [6, 6.07) is 5.70. The molecule has 10 heteroatoms. The van der Waals surface area contributed by atoms with Crippen LogP contribution >= 0.6 is 0 Å². The van der Waals surface area contributed by atoms with Crippen LogP contribution in [-0.2, 0) is 21.2 Å². The van der Waals surface area contributed by atoms with Gasteiger partial charge in [0.2, 0.25) is 10.0 Å². The van der Waals surface area contributed by atoms with Crippen LogP contribution in [0.15, 0.2) is 35.2 Å². The maximum Gasteiger partial charge on any atom is 0.406 e. The lowest BCUT2D eigenvalue weighted by Crippen LogP contribution is -2.53. The monoisotopic (exact) mass is 484 g/mol. The van der Waals surface area contributed by atoms with Crippen molar-refractivity contribution in [1.82, 2.24) is 4.72 Å². The Morgan fingerprint density at radius 1 is 1.18 bits per heavy atom. The number of hydrogen-bond donors (Lipinski definition) is 1. The van der Waals surface area contributed by atoms with Crippen molar-refractivity contribution in [3.05, 3.63) is 58.1 Å². The number of esters is 1. The van der Waals surface area contributed by atoms with Crippen molar-refractivity contribution in [2.75, 3.05) is 25.1 Å². The van der Waals surface area contributed by atoms with Gasteiger partial charge in [0.15, 0.2) is 0 Å². The molecule has 0 aromatic heterocycles. The SMILES string of the molecule is COC(=O)c1cccc2c1CCCN2CC(NS(=O)(=O)c1c(C)cc(C)cc1C)C(F)(F)F. The van der Waals surface area contributed by atoms with Crippen LogP contribution in [-0.4, -0.2) is 46.8 Å². The number of sulfonamides is 1. The summed E-state index contributed by atoms with van der Waals surface area (Å²) in [5.74, 6) is -0.563. The summed E-state index contributed by atoms with van der Waals surface area (Å²) in [4.78, 5) is 13.4. The van der Waals surface area contributed by atoms with Gasteiger partial charge in [0.05, 0.1) is 17.6 Å². The number of anilines is 1. The number of alkyl halides is 3. The fourth-order valence-corrected chi connectivity index (χ4v) is 6.12. The van der Waals surface area contributed by atoms with E-state index in [1.54, 1.807) is 51.1 Å².